The Kier molecular flexibility index (Phi) is 7.02. The minimum atomic E-state index is -0.512. The van der Waals surface area contributed by atoms with Crippen molar-refractivity contribution in [1.82, 2.24) is 0 Å². The largest absolute Gasteiger partial charge is 0.444 e. The Morgan fingerprint density at radius 1 is 0.812 bits per heavy atom. The number of fused-ring (bicyclic) bond motifs is 1. The molecule has 0 bridgehead atoms. The molecule has 0 saturated heterocycles. The van der Waals surface area contributed by atoms with Gasteiger partial charge in [0.1, 0.15) is 13.2 Å². The van der Waals surface area contributed by atoms with Gasteiger partial charge in [-0.15, -0.1) is 0 Å². The van der Waals surface area contributed by atoms with Crippen molar-refractivity contribution in [3.63, 3.8) is 0 Å². The maximum Gasteiger partial charge on any atom is 0.414 e. The zero-order chi connectivity index (χ0) is 22.2. The Morgan fingerprint density at radius 2 is 1.47 bits per heavy atom. The Bertz CT molecular complexity index is 1050. The van der Waals surface area contributed by atoms with E-state index in [4.69, 9.17) is 9.47 Å². The van der Waals surface area contributed by atoms with Gasteiger partial charge < -0.3 is 9.47 Å². The Balaban J connectivity index is 1.39. The molecule has 1 heterocycles. The number of carbonyl (C=O) groups excluding carboxylic acids is 2. The quantitative estimate of drug-likeness (QED) is 0.546. The first-order valence-electron chi connectivity index (χ1n) is 10.8. The first kappa shape index (κ1) is 21.4. The lowest BCUT2D eigenvalue weighted by Crippen LogP contribution is -2.32. The highest BCUT2D eigenvalue weighted by molar-refractivity contribution is 5.90. The summed E-state index contributed by atoms with van der Waals surface area (Å²) in [6.45, 7) is 1.05. The number of hydrogen-bond acceptors (Lipinski definition) is 4. The standard InChI is InChI=1S/C26H26N2O4/c29-25(31-18-20-9-3-1-4-10-20)27-23-14-15-24-22(17-23)13-7-8-16-28(24)26(30)32-19-21-11-5-2-6-12-21/h1-6,9-12,14-15,17H,7-8,13,16,18-19H2,(H,27,29). The molecule has 32 heavy (non-hydrogen) atoms. The lowest BCUT2D eigenvalue weighted by molar-refractivity contribution is 0.147. The molecule has 1 aliphatic rings. The molecule has 0 atom stereocenters. The molecule has 164 valence electrons. The number of hydrogen-bond donors (Lipinski definition) is 1. The van der Waals surface area contributed by atoms with Crippen molar-refractivity contribution in [3.05, 3.63) is 95.6 Å². The summed E-state index contributed by atoms with van der Waals surface area (Å²) < 4.78 is 10.8. The second-order valence-corrected chi connectivity index (χ2v) is 7.68. The van der Waals surface area contributed by atoms with Crippen molar-refractivity contribution >= 4 is 23.6 Å². The van der Waals surface area contributed by atoms with Gasteiger partial charge in [-0.05, 0) is 54.2 Å². The van der Waals surface area contributed by atoms with Gasteiger partial charge in [-0.1, -0.05) is 60.7 Å². The van der Waals surface area contributed by atoms with Crippen LogP contribution in [0, 0.1) is 0 Å². The zero-order valence-electron chi connectivity index (χ0n) is 17.8. The first-order chi connectivity index (χ1) is 15.7. The van der Waals surface area contributed by atoms with Gasteiger partial charge in [0, 0.05) is 12.2 Å². The maximum atomic E-state index is 12.8. The average Bonchev–Trinajstić information content (AvgIpc) is 3.05. The molecule has 0 radical (unpaired) electrons. The topological polar surface area (TPSA) is 67.9 Å². The number of benzene rings is 3. The number of carbonyl (C=O) groups is 2. The molecule has 4 rings (SSSR count). The van der Waals surface area contributed by atoms with Crippen LogP contribution in [-0.4, -0.2) is 18.7 Å². The van der Waals surface area contributed by atoms with Crippen molar-refractivity contribution < 1.29 is 19.1 Å². The fraction of sp³-hybridized carbons (Fsp3) is 0.231. The SMILES string of the molecule is O=C(Nc1ccc2c(c1)CCCCN2C(=O)OCc1ccccc1)OCc1ccccc1. The van der Waals surface area contributed by atoms with Gasteiger partial charge >= 0.3 is 12.2 Å². The summed E-state index contributed by atoms with van der Waals surface area (Å²) in [5.74, 6) is 0. The fourth-order valence-corrected chi connectivity index (χ4v) is 3.70. The smallest absolute Gasteiger partial charge is 0.414 e. The van der Waals surface area contributed by atoms with E-state index < -0.39 is 6.09 Å². The molecule has 3 aromatic carbocycles. The molecule has 0 aliphatic carbocycles. The molecule has 0 saturated carbocycles. The van der Waals surface area contributed by atoms with E-state index in [0.29, 0.717) is 12.2 Å². The van der Waals surface area contributed by atoms with Crippen LogP contribution in [0.4, 0.5) is 21.0 Å². The van der Waals surface area contributed by atoms with Gasteiger partial charge in [0.2, 0.25) is 0 Å². The number of rotatable bonds is 5. The third-order valence-electron chi connectivity index (χ3n) is 5.33. The highest BCUT2D eigenvalue weighted by Crippen LogP contribution is 2.30. The molecule has 0 unspecified atom stereocenters. The van der Waals surface area contributed by atoms with E-state index in [-0.39, 0.29) is 19.3 Å². The lowest BCUT2D eigenvalue weighted by atomic mass is 10.1. The van der Waals surface area contributed by atoms with Crippen LogP contribution in [0.5, 0.6) is 0 Å². The average molecular weight is 431 g/mol. The summed E-state index contributed by atoms with van der Waals surface area (Å²) in [6, 6.07) is 24.7. The van der Waals surface area contributed by atoms with E-state index in [1.807, 2.05) is 72.8 Å². The third kappa shape index (κ3) is 5.66. The number of amides is 2. The molecular weight excluding hydrogens is 404 g/mol. The van der Waals surface area contributed by atoms with Crippen LogP contribution in [0.1, 0.15) is 29.5 Å². The predicted molar refractivity (Wildman–Crippen MR) is 124 cm³/mol. The van der Waals surface area contributed by atoms with Crippen molar-refractivity contribution in [1.29, 1.82) is 0 Å². The summed E-state index contributed by atoms with van der Waals surface area (Å²) in [5.41, 5.74) is 4.34. The van der Waals surface area contributed by atoms with Gasteiger partial charge in [-0.3, -0.25) is 10.2 Å². The Morgan fingerprint density at radius 3 is 2.16 bits per heavy atom. The van der Waals surface area contributed by atoms with E-state index in [1.54, 1.807) is 11.0 Å². The van der Waals surface area contributed by atoms with Crippen LogP contribution in [0.3, 0.4) is 0 Å². The second kappa shape index (κ2) is 10.5. The van der Waals surface area contributed by atoms with E-state index in [9.17, 15) is 9.59 Å². The number of anilines is 2. The second-order valence-electron chi connectivity index (χ2n) is 7.68. The van der Waals surface area contributed by atoms with Crippen molar-refractivity contribution in [2.24, 2.45) is 0 Å². The summed E-state index contributed by atoms with van der Waals surface area (Å²) >= 11 is 0. The highest BCUT2D eigenvalue weighted by atomic mass is 16.6. The third-order valence-corrected chi connectivity index (χ3v) is 5.33. The summed E-state index contributed by atoms with van der Waals surface area (Å²) in [6.07, 6.45) is 1.79. The molecule has 0 fully saturated rings. The molecule has 2 amide bonds. The Hall–Kier alpha value is -3.80. The minimum absolute atomic E-state index is 0.207. The van der Waals surface area contributed by atoms with Gasteiger partial charge in [0.05, 0.1) is 5.69 Å². The number of ether oxygens (including phenoxy) is 2. The van der Waals surface area contributed by atoms with E-state index >= 15 is 0 Å². The lowest BCUT2D eigenvalue weighted by Gasteiger charge is -2.23. The zero-order valence-corrected chi connectivity index (χ0v) is 17.8. The predicted octanol–water partition coefficient (Wildman–Crippen LogP) is 5.91. The molecule has 6 heteroatoms. The molecule has 6 nitrogen and oxygen atoms in total. The van der Waals surface area contributed by atoms with Crippen LogP contribution in [0.15, 0.2) is 78.9 Å². The summed E-state index contributed by atoms with van der Waals surface area (Å²) in [4.78, 5) is 26.7. The highest BCUT2D eigenvalue weighted by Gasteiger charge is 2.23. The number of nitrogens with one attached hydrogen (secondary N) is 1. The monoisotopic (exact) mass is 430 g/mol. The minimum Gasteiger partial charge on any atom is -0.444 e. The number of nitrogens with zero attached hydrogens (tertiary/aromatic N) is 1. The molecule has 0 aromatic heterocycles. The van der Waals surface area contributed by atoms with Gasteiger partial charge in [-0.25, -0.2) is 9.59 Å². The molecular formula is C26H26N2O4. The molecule has 1 aliphatic heterocycles. The van der Waals surface area contributed by atoms with Gasteiger partial charge in [0.25, 0.3) is 0 Å². The normalized spacial score (nSPS) is 12.9. The first-order valence-corrected chi connectivity index (χ1v) is 10.8. The van der Waals surface area contributed by atoms with Crippen molar-refractivity contribution in [2.45, 2.75) is 32.5 Å². The number of aryl methyl sites for hydroxylation is 1. The van der Waals surface area contributed by atoms with E-state index in [1.165, 1.54) is 0 Å². The van der Waals surface area contributed by atoms with Crippen LogP contribution in [0.2, 0.25) is 0 Å². The maximum absolute atomic E-state index is 12.8. The van der Waals surface area contributed by atoms with Crippen LogP contribution in [0.25, 0.3) is 0 Å². The molecule has 0 spiro atoms. The van der Waals surface area contributed by atoms with Crippen LogP contribution >= 0.6 is 0 Å². The van der Waals surface area contributed by atoms with E-state index in [2.05, 4.69) is 5.32 Å². The van der Waals surface area contributed by atoms with Crippen LogP contribution < -0.4 is 10.2 Å². The van der Waals surface area contributed by atoms with E-state index in [0.717, 1.165) is 41.6 Å². The van der Waals surface area contributed by atoms with Crippen LogP contribution in [-0.2, 0) is 29.1 Å². The van der Waals surface area contributed by atoms with Gasteiger partial charge in [0.15, 0.2) is 0 Å². The Labute approximate surface area is 187 Å². The summed E-state index contributed by atoms with van der Waals surface area (Å²) in [7, 11) is 0. The summed E-state index contributed by atoms with van der Waals surface area (Å²) in [5, 5.41) is 2.78. The van der Waals surface area contributed by atoms with Crippen molar-refractivity contribution in [3.8, 4) is 0 Å². The molecule has 1 N–H and O–H groups in total. The fourth-order valence-electron chi connectivity index (χ4n) is 3.70. The molecule has 3 aromatic rings. The van der Waals surface area contributed by atoms with Gasteiger partial charge in [-0.2, -0.15) is 0 Å². The van der Waals surface area contributed by atoms with Crippen molar-refractivity contribution in [2.75, 3.05) is 16.8 Å².